The highest BCUT2D eigenvalue weighted by molar-refractivity contribution is 5.94. The number of benzene rings is 2. The highest BCUT2D eigenvalue weighted by Gasteiger charge is 2.22. The molecule has 0 bridgehead atoms. The maximum absolute atomic E-state index is 12.1. The van der Waals surface area contributed by atoms with Crippen LogP contribution >= 0.6 is 0 Å². The Kier molecular flexibility index (Phi) is 6.59. The van der Waals surface area contributed by atoms with Crippen LogP contribution < -0.4 is 19.9 Å². The van der Waals surface area contributed by atoms with Gasteiger partial charge in [-0.3, -0.25) is 4.79 Å². The summed E-state index contributed by atoms with van der Waals surface area (Å²) in [5.74, 6) is 0.738. The van der Waals surface area contributed by atoms with E-state index in [-0.39, 0.29) is 30.5 Å². The van der Waals surface area contributed by atoms with Crippen LogP contribution in [0.2, 0.25) is 0 Å². The van der Waals surface area contributed by atoms with Gasteiger partial charge in [-0.1, -0.05) is 30.3 Å². The summed E-state index contributed by atoms with van der Waals surface area (Å²) in [6, 6.07) is 16.2. The number of carbonyl (C=O) groups is 1. The average molecular weight is 395 g/mol. The summed E-state index contributed by atoms with van der Waals surface area (Å²) in [7, 11) is 1.58. The van der Waals surface area contributed by atoms with E-state index < -0.39 is 5.91 Å². The molecular weight excluding hydrogens is 374 g/mol. The SMILES string of the molecule is COc1cccc(Cc2nc(OCCO)c(Oc3ccccc3)c(C(N)=O)n2)c1. The van der Waals surface area contributed by atoms with Crippen LogP contribution in [0.15, 0.2) is 54.6 Å². The predicted molar refractivity (Wildman–Crippen MR) is 105 cm³/mol. The van der Waals surface area contributed by atoms with Crippen molar-refractivity contribution in [1.29, 1.82) is 0 Å². The number of hydrogen-bond acceptors (Lipinski definition) is 7. The fraction of sp³-hybridized carbons (Fsp3) is 0.190. The molecule has 1 amide bonds. The number of ether oxygens (including phenoxy) is 3. The Bertz CT molecular complexity index is 979. The van der Waals surface area contributed by atoms with Gasteiger partial charge < -0.3 is 25.1 Å². The molecular formula is C21H21N3O5. The minimum atomic E-state index is -0.779. The van der Waals surface area contributed by atoms with Gasteiger partial charge in [-0.25, -0.2) is 4.98 Å². The van der Waals surface area contributed by atoms with Crippen LogP contribution in [-0.2, 0) is 6.42 Å². The van der Waals surface area contributed by atoms with E-state index in [1.165, 1.54) is 0 Å². The van der Waals surface area contributed by atoms with Gasteiger partial charge in [0.25, 0.3) is 11.8 Å². The van der Waals surface area contributed by atoms with Crippen molar-refractivity contribution in [2.24, 2.45) is 5.73 Å². The number of aliphatic hydroxyl groups excluding tert-OH is 1. The topological polar surface area (TPSA) is 117 Å². The lowest BCUT2D eigenvalue weighted by Gasteiger charge is -2.15. The Labute approximate surface area is 167 Å². The molecule has 0 saturated carbocycles. The summed E-state index contributed by atoms with van der Waals surface area (Å²) in [5, 5.41) is 9.13. The van der Waals surface area contributed by atoms with Crippen LogP contribution in [-0.4, -0.2) is 41.3 Å². The normalized spacial score (nSPS) is 10.4. The van der Waals surface area contributed by atoms with Gasteiger partial charge in [0.05, 0.1) is 13.7 Å². The largest absolute Gasteiger partial charge is 0.497 e. The number of carbonyl (C=O) groups excluding carboxylic acids is 1. The molecule has 0 aliphatic rings. The lowest BCUT2D eigenvalue weighted by atomic mass is 10.1. The quantitative estimate of drug-likeness (QED) is 0.571. The van der Waals surface area contributed by atoms with Crippen LogP contribution in [0.5, 0.6) is 23.1 Å². The summed E-state index contributed by atoms with van der Waals surface area (Å²) in [5.41, 5.74) is 6.32. The Morgan fingerprint density at radius 1 is 1.07 bits per heavy atom. The van der Waals surface area contributed by atoms with Crippen LogP contribution in [0.4, 0.5) is 0 Å². The number of primary amides is 1. The summed E-state index contributed by atoms with van der Waals surface area (Å²) in [6.07, 6.45) is 0.318. The summed E-state index contributed by atoms with van der Waals surface area (Å²) in [6.45, 7) is -0.259. The maximum Gasteiger partial charge on any atom is 0.271 e. The lowest BCUT2D eigenvalue weighted by molar-refractivity contribution is 0.0991. The number of methoxy groups -OCH3 is 1. The van der Waals surface area contributed by atoms with Crippen LogP contribution in [0.25, 0.3) is 0 Å². The van der Waals surface area contributed by atoms with Gasteiger partial charge in [0.2, 0.25) is 5.75 Å². The lowest BCUT2D eigenvalue weighted by Crippen LogP contribution is -2.18. The Hall–Kier alpha value is -3.65. The van der Waals surface area contributed by atoms with Crippen LogP contribution in [0.3, 0.4) is 0 Å². The highest BCUT2D eigenvalue weighted by Crippen LogP contribution is 2.33. The van der Waals surface area contributed by atoms with Crippen molar-refractivity contribution in [2.45, 2.75) is 6.42 Å². The zero-order chi connectivity index (χ0) is 20.6. The van der Waals surface area contributed by atoms with E-state index in [1.54, 1.807) is 31.4 Å². The van der Waals surface area contributed by atoms with Crippen LogP contribution in [0.1, 0.15) is 21.9 Å². The number of amides is 1. The minimum Gasteiger partial charge on any atom is -0.497 e. The van der Waals surface area contributed by atoms with Crippen molar-refractivity contribution in [2.75, 3.05) is 20.3 Å². The summed E-state index contributed by atoms with van der Waals surface area (Å²) < 4.78 is 16.5. The molecule has 0 spiro atoms. The number of nitrogens with zero attached hydrogens (tertiary/aromatic N) is 2. The third-order valence-corrected chi connectivity index (χ3v) is 3.90. The van der Waals surface area contributed by atoms with Crippen molar-refractivity contribution in [3.63, 3.8) is 0 Å². The van der Waals surface area contributed by atoms with E-state index in [0.29, 0.717) is 23.7 Å². The average Bonchev–Trinajstić information content (AvgIpc) is 2.74. The molecule has 150 valence electrons. The molecule has 0 radical (unpaired) electrons. The molecule has 1 aromatic heterocycles. The minimum absolute atomic E-state index is 0.00606. The fourth-order valence-corrected chi connectivity index (χ4v) is 2.62. The van der Waals surface area contributed by atoms with Gasteiger partial charge in [-0.05, 0) is 29.8 Å². The zero-order valence-electron chi connectivity index (χ0n) is 15.9. The van der Waals surface area contributed by atoms with Crippen molar-refractivity contribution in [3.8, 4) is 23.1 Å². The first-order chi connectivity index (χ1) is 14.1. The number of nitrogens with two attached hydrogens (primary N) is 1. The van der Waals surface area contributed by atoms with Crippen molar-refractivity contribution < 1.29 is 24.1 Å². The highest BCUT2D eigenvalue weighted by atomic mass is 16.5. The van der Waals surface area contributed by atoms with Gasteiger partial charge in [0.15, 0.2) is 5.69 Å². The smallest absolute Gasteiger partial charge is 0.271 e. The predicted octanol–water partition coefficient (Wildman–Crippen LogP) is 2.34. The molecule has 1 heterocycles. The molecule has 3 rings (SSSR count). The van der Waals surface area contributed by atoms with Gasteiger partial charge in [0, 0.05) is 6.42 Å². The summed E-state index contributed by atoms with van der Waals surface area (Å²) in [4.78, 5) is 20.7. The second-order valence-electron chi connectivity index (χ2n) is 6.00. The molecule has 0 aliphatic heterocycles. The fourth-order valence-electron chi connectivity index (χ4n) is 2.62. The summed E-state index contributed by atoms with van der Waals surface area (Å²) >= 11 is 0. The van der Waals surface area contributed by atoms with Crippen molar-refractivity contribution in [1.82, 2.24) is 9.97 Å². The molecule has 3 N–H and O–H groups in total. The number of aromatic nitrogens is 2. The number of hydrogen-bond donors (Lipinski definition) is 2. The molecule has 0 aliphatic carbocycles. The van der Waals surface area contributed by atoms with E-state index in [2.05, 4.69) is 9.97 Å². The molecule has 0 fully saturated rings. The maximum atomic E-state index is 12.1. The molecule has 8 heteroatoms. The van der Waals surface area contributed by atoms with Crippen molar-refractivity contribution >= 4 is 5.91 Å². The van der Waals surface area contributed by atoms with Crippen molar-refractivity contribution in [3.05, 3.63) is 71.7 Å². The van der Waals surface area contributed by atoms with Gasteiger partial charge >= 0.3 is 0 Å². The zero-order valence-corrected chi connectivity index (χ0v) is 15.9. The molecule has 0 saturated heterocycles. The molecule has 2 aromatic carbocycles. The van der Waals surface area contributed by atoms with E-state index in [4.69, 9.17) is 25.1 Å². The standard InChI is InChI=1S/C21H21N3O5/c1-27-16-9-5-6-14(12-16)13-17-23-18(20(22)26)19(21(24-17)28-11-10-25)29-15-7-3-2-4-8-15/h2-9,12,25H,10-11,13H2,1H3,(H2,22,26). The third kappa shape index (κ3) is 5.20. The molecule has 29 heavy (non-hydrogen) atoms. The monoisotopic (exact) mass is 395 g/mol. The Balaban J connectivity index is 2.01. The molecule has 0 unspecified atom stereocenters. The second kappa shape index (κ2) is 9.52. The van der Waals surface area contributed by atoms with Gasteiger partial charge in [0.1, 0.15) is 23.9 Å². The third-order valence-electron chi connectivity index (χ3n) is 3.90. The molecule has 3 aromatic rings. The number of rotatable bonds is 9. The van der Waals surface area contributed by atoms with E-state index in [1.807, 2.05) is 30.3 Å². The van der Waals surface area contributed by atoms with E-state index >= 15 is 0 Å². The number of aliphatic hydroxyl groups is 1. The second-order valence-corrected chi connectivity index (χ2v) is 6.00. The first-order valence-electron chi connectivity index (χ1n) is 8.91. The van der Waals surface area contributed by atoms with E-state index in [9.17, 15) is 4.79 Å². The molecule has 8 nitrogen and oxygen atoms in total. The Morgan fingerprint density at radius 3 is 2.52 bits per heavy atom. The first-order valence-corrected chi connectivity index (χ1v) is 8.91. The van der Waals surface area contributed by atoms with Crippen LogP contribution in [0, 0.1) is 0 Å². The Morgan fingerprint density at radius 2 is 1.83 bits per heavy atom. The number of para-hydroxylation sites is 1. The van der Waals surface area contributed by atoms with Gasteiger partial charge in [-0.15, -0.1) is 0 Å². The first kappa shape index (κ1) is 20.1. The van der Waals surface area contributed by atoms with E-state index in [0.717, 1.165) is 5.56 Å². The van der Waals surface area contributed by atoms with Gasteiger partial charge in [-0.2, -0.15) is 4.98 Å². The molecule has 0 atom stereocenters.